The summed E-state index contributed by atoms with van der Waals surface area (Å²) >= 11 is 0.795. The van der Waals surface area contributed by atoms with Gasteiger partial charge in [-0.2, -0.15) is 8.42 Å². The Morgan fingerprint density at radius 2 is 1.74 bits per heavy atom. The van der Waals surface area contributed by atoms with Gasteiger partial charge in [-0.15, -0.1) is 0 Å². The minimum Gasteiger partial charge on any atom is -0.379 e. The highest BCUT2D eigenvalue weighted by Crippen LogP contribution is 2.34. The van der Waals surface area contributed by atoms with E-state index in [9.17, 15) is 28.1 Å². The normalized spacial score (nSPS) is 15.0. The second kappa shape index (κ2) is 9.72. The Labute approximate surface area is 205 Å². The third kappa shape index (κ3) is 5.58. The van der Waals surface area contributed by atoms with Gasteiger partial charge in [0.2, 0.25) is 0 Å². The van der Waals surface area contributed by atoms with Crippen LogP contribution in [0.1, 0.15) is 16.7 Å². The molecule has 0 spiro atoms. The third-order valence-electron chi connectivity index (χ3n) is 5.01. The number of nitrogens with zero attached hydrogens (tertiary/aromatic N) is 2. The lowest BCUT2D eigenvalue weighted by Gasteiger charge is -2.12. The van der Waals surface area contributed by atoms with E-state index in [4.69, 9.17) is 4.18 Å². The maximum Gasteiger partial charge on any atom is 0.339 e. The first-order valence-corrected chi connectivity index (χ1v) is 12.4. The highest BCUT2D eigenvalue weighted by molar-refractivity contribution is 8.18. The number of carbonyl (C=O) groups excluding carboxylic acids is 2. The fourth-order valence-corrected chi connectivity index (χ4v) is 5.05. The highest BCUT2D eigenvalue weighted by atomic mass is 32.2. The van der Waals surface area contributed by atoms with Crippen LogP contribution < -0.4 is 4.18 Å². The number of nitro benzene ring substituents is 1. The van der Waals surface area contributed by atoms with Crippen molar-refractivity contribution in [1.29, 1.82) is 0 Å². The maximum atomic E-state index is 12.8. The van der Waals surface area contributed by atoms with E-state index >= 15 is 0 Å². The Morgan fingerprint density at radius 1 is 1.03 bits per heavy atom. The average Bonchev–Trinajstić information content (AvgIpc) is 3.07. The lowest BCUT2D eigenvalue weighted by atomic mass is 10.1. The molecule has 9 nitrogen and oxygen atoms in total. The lowest BCUT2D eigenvalue weighted by molar-refractivity contribution is -0.385. The van der Waals surface area contributed by atoms with E-state index in [1.54, 1.807) is 6.07 Å². The molecule has 0 atom stereocenters. The van der Waals surface area contributed by atoms with Gasteiger partial charge >= 0.3 is 10.1 Å². The Morgan fingerprint density at radius 3 is 2.46 bits per heavy atom. The van der Waals surface area contributed by atoms with Crippen LogP contribution in [-0.4, -0.2) is 29.4 Å². The topological polar surface area (TPSA) is 124 Å². The van der Waals surface area contributed by atoms with E-state index in [-0.39, 0.29) is 27.8 Å². The van der Waals surface area contributed by atoms with Crippen molar-refractivity contribution in [1.82, 2.24) is 4.90 Å². The molecule has 1 saturated heterocycles. The van der Waals surface area contributed by atoms with Gasteiger partial charge in [0.15, 0.2) is 0 Å². The standard InChI is InChI=1S/C24H18N2O7S2/c1-16-8-10-17(11-9-16)15-25-23(27)22(34-24(25)28)13-18-4-2-6-20(12-18)33-35(31,32)21-7-3-5-19(14-21)26(29)30/h2-14H,15H2,1H3/b22-13-. The van der Waals surface area contributed by atoms with Crippen LogP contribution in [0.2, 0.25) is 0 Å². The zero-order valence-electron chi connectivity index (χ0n) is 18.3. The Bertz CT molecular complexity index is 1470. The molecule has 2 amide bonds. The molecule has 4 rings (SSSR count). The van der Waals surface area contributed by atoms with Crippen molar-refractivity contribution in [3.8, 4) is 5.75 Å². The Hall–Kier alpha value is -3.96. The summed E-state index contributed by atoms with van der Waals surface area (Å²) in [5.74, 6) is -0.500. The zero-order chi connectivity index (χ0) is 25.2. The minimum atomic E-state index is -4.34. The molecule has 1 aliphatic rings. The van der Waals surface area contributed by atoms with Gasteiger partial charge in [-0.25, -0.2) is 0 Å². The molecular weight excluding hydrogens is 492 g/mol. The van der Waals surface area contributed by atoms with Crippen LogP contribution in [0.15, 0.2) is 82.6 Å². The molecule has 3 aromatic carbocycles. The predicted molar refractivity (Wildman–Crippen MR) is 130 cm³/mol. The van der Waals surface area contributed by atoms with Crippen LogP contribution in [0.3, 0.4) is 0 Å². The fourth-order valence-electron chi connectivity index (χ4n) is 3.25. The van der Waals surface area contributed by atoms with Gasteiger partial charge in [-0.05, 0) is 54.1 Å². The number of hydrogen-bond donors (Lipinski definition) is 0. The van der Waals surface area contributed by atoms with Crippen molar-refractivity contribution < 1.29 is 27.1 Å². The lowest BCUT2D eigenvalue weighted by Crippen LogP contribution is -2.27. The number of benzene rings is 3. The number of hydrogen-bond acceptors (Lipinski definition) is 8. The quantitative estimate of drug-likeness (QED) is 0.190. The Balaban J connectivity index is 1.53. The summed E-state index contributed by atoms with van der Waals surface area (Å²) in [6.45, 7) is 2.09. The molecule has 178 valence electrons. The van der Waals surface area contributed by atoms with Crippen molar-refractivity contribution in [2.45, 2.75) is 18.4 Å². The fraction of sp³-hybridized carbons (Fsp3) is 0.0833. The molecule has 3 aromatic rings. The summed E-state index contributed by atoms with van der Waals surface area (Å²) in [5, 5.41) is 10.5. The molecule has 35 heavy (non-hydrogen) atoms. The summed E-state index contributed by atoms with van der Waals surface area (Å²) in [6, 6.07) is 18.0. The average molecular weight is 511 g/mol. The van der Waals surface area contributed by atoms with E-state index in [1.807, 2.05) is 31.2 Å². The summed E-state index contributed by atoms with van der Waals surface area (Å²) in [5.41, 5.74) is 1.95. The van der Waals surface area contributed by atoms with E-state index in [2.05, 4.69) is 0 Å². The monoisotopic (exact) mass is 510 g/mol. The number of rotatable bonds is 7. The van der Waals surface area contributed by atoms with E-state index in [0.717, 1.165) is 33.9 Å². The van der Waals surface area contributed by atoms with Crippen LogP contribution in [0.5, 0.6) is 5.75 Å². The largest absolute Gasteiger partial charge is 0.379 e. The molecular formula is C24H18N2O7S2. The van der Waals surface area contributed by atoms with Gasteiger partial charge in [0, 0.05) is 12.1 Å². The smallest absolute Gasteiger partial charge is 0.339 e. The van der Waals surface area contributed by atoms with Crippen molar-refractivity contribution in [3.05, 3.63) is 105 Å². The predicted octanol–water partition coefficient (Wildman–Crippen LogP) is 4.91. The second-order valence-corrected chi connectivity index (χ2v) is 10.2. The molecule has 0 N–H and O–H groups in total. The van der Waals surface area contributed by atoms with Crippen LogP contribution in [0, 0.1) is 17.0 Å². The summed E-state index contributed by atoms with van der Waals surface area (Å²) in [7, 11) is -4.34. The summed E-state index contributed by atoms with van der Waals surface area (Å²) < 4.78 is 30.3. The molecule has 11 heteroatoms. The van der Waals surface area contributed by atoms with Crippen LogP contribution >= 0.6 is 11.8 Å². The van der Waals surface area contributed by atoms with Gasteiger partial charge in [-0.3, -0.25) is 24.6 Å². The number of nitro groups is 1. The number of amides is 2. The summed E-state index contributed by atoms with van der Waals surface area (Å²) in [6.07, 6.45) is 1.48. The van der Waals surface area contributed by atoms with Gasteiger partial charge in [-0.1, -0.05) is 48.0 Å². The number of carbonyl (C=O) groups is 2. The second-order valence-electron chi connectivity index (χ2n) is 7.62. The molecule has 0 radical (unpaired) electrons. The van der Waals surface area contributed by atoms with Crippen LogP contribution in [0.4, 0.5) is 10.5 Å². The number of non-ortho nitro benzene ring substituents is 1. The number of aryl methyl sites for hydroxylation is 1. The van der Waals surface area contributed by atoms with Crippen molar-refractivity contribution >= 4 is 44.8 Å². The molecule has 0 bridgehead atoms. The van der Waals surface area contributed by atoms with Crippen LogP contribution in [-0.2, 0) is 21.5 Å². The van der Waals surface area contributed by atoms with Crippen LogP contribution in [0.25, 0.3) is 6.08 Å². The van der Waals surface area contributed by atoms with E-state index < -0.39 is 26.2 Å². The number of thioether (sulfide) groups is 1. The first-order valence-electron chi connectivity index (χ1n) is 10.2. The minimum absolute atomic E-state index is 0.0517. The van der Waals surface area contributed by atoms with E-state index in [0.29, 0.717) is 5.56 Å². The Kier molecular flexibility index (Phi) is 6.72. The molecule has 1 fully saturated rings. The third-order valence-corrected chi connectivity index (χ3v) is 7.16. The molecule has 0 saturated carbocycles. The van der Waals surface area contributed by atoms with Crippen molar-refractivity contribution in [3.63, 3.8) is 0 Å². The van der Waals surface area contributed by atoms with Crippen molar-refractivity contribution in [2.24, 2.45) is 0 Å². The molecule has 0 aromatic heterocycles. The zero-order valence-corrected chi connectivity index (χ0v) is 19.9. The first kappa shape index (κ1) is 24.2. The van der Waals surface area contributed by atoms with Gasteiger partial charge in [0.05, 0.1) is 16.4 Å². The van der Waals surface area contributed by atoms with E-state index in [1.165, 1.54) is 42.5 Å². The van der Waals surface area contributed by atoms with Crippen molar-refractivity contribution in [2.75, 3.05) is 0 Å². The molecule has 1 aliphatic heterocycles. The summed E-state index contributed by atoms with van der Waals surface area (Å²) in [4.78, 5) is 36.4. The van der Waals surface area contributed by atoms with Gasteiger partial charge in [0.25, 0.3) is 16.8 Å². The number of imide groups is 1. The van der Waals surface area contributed by atoms with Gasteiger partial charge < -0.3 is 4.18 Å². The highest BCUT2D eigenvalue weighted by Gasteiger charge is 2.35. The SMILES string of the molecule is Cc1ccc(CN2C(=O)S/C(=C\c3cccc(OS(=O)(=O)c4cccc([N+](=O)[O-])c4)c3)C2=O)cc1. The maximum absolute atomic E-state index is 12.8. The molecule has 1 heterocycles. The molecule has 0 aliphatic carbocycles. The van der Waals surface area contributed by atoms with Gasteiger partial charge in [0.1, 0.15) is 10.6 Å². The molecule has 0 unspecified atom stereocenters. The first-order chi connectivity index (χ1) is 16.6.